The second kappa shape index (κ2) is 7.14. The van der Waals surface area contributed by atoms with Gasteiger partial charge in [-0.25, -0.2) is 0 Å². The average molecular weight is 293 g/mol. The molecule has 0 bridgehead atoms. The average Bonchev–Trinajstić information content (AvgIpc) is 2.95. The molecule has 1 aliphatic heterocycles. The minimum atomic E-state index is 0.0644. The van der Waals surface area contributed by atoms with Crippen LogP contribution < -0.4 is 14.8 Å². The summed E-state index contributed by atoms with van der Waals surface area (Å²) in [6.07, 6.45) is 2.40. The Kier molecular flexibility index (Phi) is 5.48. The minimum Gasteiger partial charge on any atom is -0.493 e. The summed E-state index contributed by atoms with van der Waals surface area (Å²) >= 11 is 0. The molecule has 0 saturated carbocycles. The van der Waals surface area contributed by atoms with E-state index in [0.29, 0.717) is 6.61 Å². The predicted molar refractivity (Wildman–Crippen MR) is 84.1 cm³/mol. The molecule has 1 heterocycles. The molecular weight excluding hydrogens is 266 g/mol. The number of para-hydroxylation sites is 1. The monoisotopic (exact) mass is 293 g/mol. The Balaban J connectivity index is 2.07. The molecule has 4 heteroatoms. The summed E-state index contributed by atoms with van der Waals surface area (Å²) in [6, 6.07) is 6.01. The highest BCUT2D eigenvalue weighted by molar-refractivity contribution is 5.46. The third-order valence-electron chi connectivity index (χ3n) is 3.53. The molecule has 0 amide bonds. The van der Waals surface area contributed by atoms with Gasteiger partial charge in [0.2, 0.25) is 0 Å². The van der Waals surface area contributed by atoms with Crippen LogP contribution >= 0.6 is 0 Å². The van der Waals surface area contributed by atoms with Crippen LogP contribution in [0.25, 0.3) is 0 Å². The van der Waals surface area contributed by atoms with Gasteiger partial charge in [0.05, 0.1) is 13.2 Å². The van der Waals surface area contributed by atoms with Crippen molar-refractivity contribution in [3.8, 4) is 11.5 Å². The van der Waals surface area contributed by atoms with E-state index in [9.17, 15) is 0 Å². The fourth-order valence-electron chi connectivity index (χ4n) is 2.34. The standard InChI is InChI=1S/C17H27NO3/c1-17(2,3)18-11-13-7-5-9-15(19-4)16(13)21-12-14-8-6-10-20-14/h5,7,9,14,18H,6,8,10-12H2,1-4H3. The summed E-state index contributed by atoms with van der Waals surface area (Å²) in [5.41, 5.74) is 1.18. The van der Waals surface area contributed by atoms with Gasteiger partial charge >= 0.3 is 0 Å². The summed E-state index contributed by atoms with van der Waals surface area (Å²) in [5.74, 6) is 1.61. The van der Waals surface area contributed by atoms with E-state index in [2.05, 4.69) is 32.2 Å². The maximum Gasteiger partial charge on any atom is 0.165 e. The van der Waals surface area contributed by atoms with Crippen molar-refractivity contribution >= 4 is 0 Å². The number of nitrogens with one attached hydrogen (secondary N) is 1. The first kappa shape index (κ1) is 16.1. The van der Waals surface area contributed by atoms with Gasteiger partial charge in [-0.1, -0.05) is 12.1 Å². The molecule has 1 aromatic rings. The molecule has 1 saturated heterocycles. The largest absolute Gasteiger partial charge is 0.493 e. The first-order valence-electron chi connectivity index (χ1n) is 7.65. The fourth-order valence-corrected chi connectivity index (χ4v) is 2.34. The van der Waals surface area contributed by atoms with E-state index >= 15 is 0 Å². The highest BCUT2D eigenvalue weighted by Crippen LogP contribution is 2.32. The van der Waals surface area contributed by atoms with Gasteiger partial charge in [-0.05, 0) is 39.7 Å². The molecule has 1 atom stereocenters. The lowest BCUT2D eigenvalue weighted by Gasteiger charge is -2.23. The van der Waals surface area contributed by atoms with Gasteiger partial charge in [-0.2, -0.15) is 0 Å². The Labute approximate surface area is 127 Å². The van der Waals surface area contributed by atoms with Gasteiger partial charge < -0.3 is 19.5 Å². The van der Waals surface area contributed by atoms with Crippen molar-refractivity contribution in [3.63, 3.8) is 0 Å². The van der Waals surface area contributed by atoms with Gasteiger partial charge in [-0.15, -0.1) is 0 Å². The Hall–Kier alpha value is -1.26. The molecule has 1 N–H and O–H groups in total. The second-order valence-corrected chi connectivity index (χ2v) is 6.50. The van der Waals surface area contributed by atoms with Crippen molar-refractivity contribution in [2.45, 2.75) is 51.8 Å². The Morgan fingerprint density at radius 1 is 1.33 bits per heavy atom. The molecule has 1 unspecified atom stereocenters. The Morgan fingerprint density at radius 3 is 2.76 bits per heavy atom. The Bertz CT molecular complexity index is 448. The third kappa shape index (κ3) is 4.90. The van der Waals surface area contributed by atoms with Gasteiger partial charge in [0.15, 0.2) is 11.5 Å². The zero-order valence-corrected chi connectivity index (χ0v) is 13.6. The summed E-state index contributed by atoms with van der Waals surface area (Å²) in [4.78, 5) is 0. The van der Waals surface area contributed by atoms with Crippen LogP contribution in [0, 0.1) is 0 Å². The van der Waals surface area contributed by atoms with Crippen LogP contribution in [-0.4, -0.2) is 32.0 Å². The van der Waals surface area contributed by atoms with Crippen molar-refractivity contribution in [2.75, 3.05) is 20.3 Å². The van der Waals surface area contributed by atoms with Gasteiger partial charge in [0.1, 0.15) is 6.61 Å². The third-order valence-corrected chi connectivity index (χ3v) is 3.53. The number of rotatable bonds is 6. The molecule has 0 radical (unpaired) electrons. The molecule has 1 aliphatic rings. The van der Waals surface area contributed by atoms with Crippen molar-refractivity contribution in [3.05, 3.63) is 23.8 Å². The van der Waals surface area contributed by atoms with Crippen LogP contribution in [0.3, 0.4) is 0 Å². The van der Waals surface area contributed by atoms with Gasteiger partial charge in [-0.3, -0.25) is 0 Å². The van der Waals surface area contributed by atoms with Crippen molar-refractivity contribution in [2.24, 2.45) is 0 Å². The first-order valence-corrected chi connectivity index (χ1v) is 7.65. The van der Waals surface area contributed by atoms with E-state index in [1.54, 1.807) is 7.11 Å². The summed E-state index contributed by atoms with van der Waals surface area (Å²) in [7, 11) is 1.68. The predicted octanol–water partition coefficient (Wildman–Crippen LogP) is 3.14. The van der Waals surface area contributed by atoms with Crippen LogP contribution in [0.2, 0.25) is 0 Å². The van der Waals surface area contributed by atoms with Crippen LogP contribution in [0.1, 0.15) is 39.2 Å². The molecule has 0 spiro atoms. The Morgan fingerprint density at radius 2 is 2.14 bits per heavy atom. The fraction of sp³-hybridized carbons (Fsp3) is 0.647. The zero-order valence-electron chi connectivity index (χ0n) is 13.6. The zero-order chi connectivity index (χ0) is 15.3. The highest BCUT2D eigenvalue weighted by atomic mass is 16.5. The molecule has 21 heavy (non-hydrogen) atoms. The minimum absolute atomic E-state index is 0.0644. The van der Waals surface area contributed by atoms with Crippen LogP contribution in [0.15, 0.2) is 18.2 Å². The van der Waals surface area contributed by atoms with Gasteiger partial charge in [0, 0.05) is 24.3 Å². The van der Waals surface area contributed by atoms with E-state index in [0.717, 1.165) is 43.1 Å². The highest BCUT2D eigenvalue weighted by Gasteiger charge is 2.19. The summed E-state index contributed by atoms with van der Waals surface area (Å²) in [6.45, 7) is 8.64. The number of ether oxygens (including phenoxy) is 3. The molecule has 1 fully saturated rings. The summed E-state index contributed by atoms with van der Waals surface area (Å²) in [5, 5.41) is 3.49. The number of methoxy groups -OCH3 is 1. The number of benzene rings is 1. The van der Waals surface area contributed by atoms with E-state index in [1.807, 2.05) is 12.1 Å². The maximum absolute atomic E-state index is 6.02. The lowest BCUT2D eigenvalue weighted by Crippen LogP contribution is -2.35. The molecule has 1 aromatic carbocycles. The molecule has 0 aliphatic carbocycles. The van der Waals surface area contributed by atoms with Crippen molar-refractivity contribution in [1.29, 1.82) is 0 Å². The van der Waals surface area contributed by atoms with E-state index in [1.165, 1.54) is 0 Å². The van der Waals surface area contributed by atoms with Gasteiger partial charge in [0.25, 0.3) is 0 Å². The first-order chi connectivity index (χ1) is 9.99. The van der Waals surface area contributed by atoms with E-state index in [-0.39, 0.29) is 11.6 Å². The lowest BCUT2D eigenvalue weighted by atomic mass is 10.1. The van der Waals surface area contributed by atoms with Crippen molar-refractivity contribution in [1.82, 2.24) is 5.32 Å². The molecule has 2 rings (SSSR count). The second-order valence-electron chi connectivity index (χ2n) is 6.50. The number of hydrogen-bond donors (Lipinski definition) is 1. The normalized spacial score (nSPS) is 18.8. The molecular formula is C17H27NO3. The lowest BCUT2D eigenvalue weighted by molar-refractivity contribution is 0.0665. The van der Waals surface area contributed by atoms with Crippen LogP contribution in [-0.2, 0) is 11.3 Å². The van der Waals surface area contributed by atoms with Crippen molar-refractivity contribution < 1.29 is 14.2 Å². The molecule has 4 nitrogen and oxygen atoms in total. The quantitative estimate of drug-likeness (QED) is 0.874. The topological polar surface area (TPSA) is 39.7 Å². The summed E-state index contributed by atoms with van der Waals surface area (Å²) < 4.78 is 17.1. The van der Waals surface area contributed by atoms with Crippen LogP contribution in [0.4, 0.5) is 0 Å². The molecule has 0 aromatic heterocycles. The number of hydrogen-bond acceptors (Lipinski definition) is 4. The SMILES string of the molecule is COc1cccc(CNC(C)(C)C)c1OCC1CCCO1. The smallest absolute Gasteiger partial charge is 0.165 e. The van der Waals surface area contributed by atoms with Crippen LogP contribution in [0.5, 0.6) is 11.5 Å². The maximum atomic E-state index is 6.02. The molecule has 118 valence electrons. The van der Waals surface area contributed by atoms with E-state index in [4.69, 9.17) is 14.2 Å². The van der Waals surface area contributed by atoms with E-state index < -0.39 is 0 Å².